The van der Waals surface area contributed by atoms with E-state index < -0.39 is 0 Å². The molecule has 3 aromatic rings. The lowest BCUT2D eigenvalue weighted by molar-refractivity contribution is 0.857. The van der Waals surface area contributed by atoms with E-state index >= 15 is 0 Å². The maximum Gasteiger partial charge on any atom is 0.0410 e. The standard InChI is InChI=1S/C21H21N/c1-3-8-18(9-4-1)14-16-20-12-7-13-21(22-20)17-15-19-10-5-2-6-11-19/h1-13H,14-17H2. The average Bonchev–Trinajstić information content (AvgIpc) is 2.60. The molecule has 0 saturated carbocycles. The van der Waals surface area contributed by atoms with Crippen molar-refractivity contribution in [2.24, 2.45) is 0 Å². The molecule has 0 bridgehead atoms. The van der Waals surface area contributed by atoms with Gasteiger partial charge in [0.25, 0.3) is 0 Å². The van der Waals surface area contributed by atoms with E-state index in [1.54, 1.807) is 0 Å². The number of nitrogens with zero attached hydrogens (tertiary/aromatic N) is 1. The first-order chi connectivity index (χ1) is 10.9. The quantitative estimate of drug-likeness (QED) is 0.643. The summed E-state index contributed by atoms with van der Waals surface area (Å²) in [4.78, 5) is 4.80. The molecule has 0 fully saturated rings. The van der Waals surface area contributed by atoms with E-state index in [0.717, 1.165) is 25.7 Å². The number of benzene rings is 2. The van der Waals surface area contributed by atoms with E-state index in [-0.39, 0.29) is 0 Å². The van der Waals surface area contributed by atoms with Gasteiger partial charge in [-0.15, -0.1) is 0 Å². The van der Waals surface area contributed by atoms with Gasteiger partial charge in [-0.3, -0.25) is 4.98 Å². The molecular weight excluding hydrogens is 266 g/mol. The van der Waals surface area contributed by atoms with Crippen LogP contribution in [0.3, 0.4) is 0 Å². The molecular formula is C21H21N. The van der Waals surface area contributed by atoms with Gasteiger partial charge < -0.3 is 0 Å². The maximum atomic E-state index is 4.80. The highest BCUT2D eigenvalue weighted by Crippen LogP contribution is 2.09. The van der Waals surface area contributed by atoms with Crippen LogP contribution >= 0.6 is 0 Å². The molecule has 1 aromatic heterocycles. The van der Waals surface area contributed by atoms with Crippen molar-refractivity contribution in [3.8, 4) is 0 Å². The molecule has 1 heteroatoms. The van der Waals surface area contributed by atoms with Crippen LogP contribution in [0.1, 0.15) is 22.5 Å². The zero-order valence-electron chi connectivity index (χ0n) is 12.8. The van der Waals surface area contributed by atoms with Crippen molar-refractivity contribution in [2.75, 3.05) is 0 Å². The third kappa shape index (κ3) is 4.29. The molecule has 0 aliphatic carbocycles. The lowest BCUT2D eigenvalue weighted by Gasteiger charge is -2.05. The average molecular weight is 287 g/mol. The van der Waals surface area contributed by atoms with Crippen LogP contribution in [0, 0.1) is 0 Å². The van der Waals surface area contributed by atoms with Crippen LogP contribution in [0.25, 0.3) is 0 Å². The monoisotopic (exact) mass is 287 g/mol. The Morgan fingerprint density at radius 3 is 1.36 bits per heavy atom. The summed E-state index contributed by atoms with van der Waals surface area (Å²) in [6.45, 7) is 0. The third-order valence-electron chi connectivity index (χ3n) is 3.89. The van der Waals surface area contributed by atoms with Crippen molar-refractivity contribution in [2.45, 2.75) is 25.7 Å². The number of aromatic nitrogens is 1. The van der Waals surface area contributed by atoms with Crippen molar-refractivity contribution >= 4 is 0 Å². The Kier molecular flexibility index (Phi) is 4.99. The van der Waals surface area contributed by atoms with Crippen LogP contribution in [-0.4, -0.2) is 4.98 Å². The van der Waals surface area contributed by atoms with Crippen molar-refractivity contribution in [1.82, 2.24) is 4.98 Å². The molecule has 1 heterocycles. The van der Waals surface area contributed by atoms with E-state index in [2.05, 4.69) is 78.9 Å². The minimum atomic E-state index is 1.00. The van der Waals surface area contributed by atoms with Crippen molar-refractivity contribution in [3.63, 3.8) is 0 Å². The predicted molar refractivity (Wildman–Crippen MR) is 91.9 cm³/mol. The van der Waals surface area contributed by atoms with Crippen LogP contribution in [-0.2, 0) is 25.7 Å². The third-order valence-corrected chi connectivity index (χ3v) is 3.89. The minimum absolute atomic E-state index is 1.00. The molecule has 0 saturated heterocycles. The highest BCUT2D eigenvalue weighted by molar-refractivity contribution is 5.19. The summed E-state index contributed by atoms with van der Waals surface area (Å²) in [7, 11) is 0. The maximum absolute atomic E-state index is 4.80. The second-order valence-corrected chi connectivity index (χ2v) is 5.59. The fraction of sp³-hybridized carbons (Fsp3) is 0.190. The summed E-state index contributed by atoms with van der Waals surface area (Å²) >= 11 is 0. The van der Waals surface area contributed by atoms with Gasteiger partial charge in [0.05, 0.1) is 0 Å². The summed E-state index contributed by atoms with van der Waals surface area (Å²) in [6, 6.07) is 27.6. The van der Waals surface area contributed by atoms with E-state index in [4.69, 9.17) is 4.98 Å². The van der Waals surface area contributed by atoms with E-state index in [1.165, 1.54) is 22.5 Å². The van der Waals surface area contributed by atoms with Gasteiger partial charge in [-0.05, 0) is 48.9 Å². The molecule has 0 spiro atoms. The molecule has 0 radical (unpaired) electrons. The van der Waals surface area contributed by atoms with Gasteiger partial charge in [-0.1, -0.05) is 66.7 Å². The largest absolute Gasteiger partial charge is 0.258 e. The van der Waals surface area contributed by atoms with Gasteiger partial charge in [0.15, 0.2) is 0 Å². The van der Waals surface area contributed by atoms with Gasteiger partial charge in [-0.25, -0.2) is 0 Å². The van der Waals surface area contributed by atoms with Gasteiger partial charge in [-0.2, -0.15) is 0 Å². The fourth-order valence-corrected chi connectivity index (χ4v) is 2.64. The smallest absolute Gasteiger partial charge is 0.0410 e. The normalized spacial score (nSPS) is 10.5. The summed E-state index contributed by atoms with van der Waals surface area (Å²) in [5.74, 6) is 0. The molecule has 0 amide bonds. The highest BCUT2D eigenvalue weighted by atomic mass is 14.7. The second-order valence-electron chi connectivity index (χ2n) is 5.59. The van der Waals surface area contributed by atoms with Gasteiger partial charge in [0, 0.05) is 11.4 Å². The van der Waals surface area contributed by atoms with Crippen LogP contribution in [0.15, 0.2) is 78.9 Å². The number of hydrogen-bond acceptors (Lipinski definition) is 1. The first-order valence-corrected chi connectivity index (χ1v) is 7.93. The number of aryl methyl sites for hydroxylation is 4. The SMILES string of the molecule is c1ccc(CCc2cccc(CCc3ccccc3)n2)cc1. The molecule has 1 nitrogen and oxygen atoms in total. The molecule has 110 valence electrons. The van der Waals surface area contributed by atoms with Crippen LogP contribution < -0.4 is 0 Å². The Bertz CT molecular complexity index is 631. The number of pyridine rings is 1. The van der Waals surface area contributed by atoms with Crippen LogP contribution in [0.4, 0.5) is 0 Å². The molecule has 0 N–H and O–H groups in total. The lowest BCUT2D eigenvalue weighted by atomic mass is 10.1. The zero-order valence-corrected chi connectivity index (χ0v) is 12.8. The summed E-state index contributed by atoms with van der Waals surface area (Å²) in [5.41, 5.74) is 5.13. The van der Waals surface area contributed by atoms with Crippen LogP contribution in [0.2, 0.25) is 0 Å². The Hall–Kier alpha value is -2.41. The van der Waals surface area contributed by atoms with Gasteiger partial charge in [0.2, 0.25) is 0 Å². The summed E-state index contributed by atoms with van der Waals surface area (Å²) in [6.07, 6.45) is 4.11. The van der Waals surface area contributed by atoms with E-state index in [9.17, 15) is 0 Å². The molecule has 0 unspecified atom stereocenters. The minimum Gasteiger partial charge on any atom is -0.258 e. The van der Waals surface area contributed by atoms with E-state index in [0.29, 0.717) is 0 Å². The predicted octanol–water partition coefficient (Wildman–Crippen LogP) is 4.65. The second kappa shape index (κ2) is 7.56. The van der Waals surface area contributed by atoms with Gasteiger partial charge >= 0.3 is 0 Å². The number of hydrogen-bond donors (Lipinski definition) is 0. The van der Waals surface area contributed by atoms with Gasteiger partial charge in [0.1, 0.15) is 0 Å². The molecule has 0 aliphatic rings. The molecule has 0 atom stereocenters. The molecule has 0 aliphatic heterocycles. The Labute approximate surface area is 132 Å². The summed E-state index contributed by atoms with van der Waals surface area (Å²) < 4.78 is 0. The number of rotatable bonds is 6. The Balaban J connectivity index is 1.58. The lowest BCUT2D eigenvalue weighted by Crippen LogP contribution is -1.99. The van der Waals surface area contributed by atoms with Crippen molar-refractivity contribution < 1.29 is 0 Å². The Morgan fingerprint density at radius 1 is 0.455 bits per heavy atom. The molecule has 3 rings (SSSR count). The van der Waals surface area contributed by atoms with Crippen LogP contribution in [0.5, 0.6) is 0 Å². The van der Waals surface area contributed by atoms with Crippen molar-refractivity contribution in [1.29, 1.82) is 0 Å². The van der Waals surface area contributed by atoms with E-state index in [1.807, 2.05) is 0 Å². The molecule has 2 aromatic carbocycles. The molecule has 22 heavy (non-hydrogen) atoms. The van der Waals surface area contributed by atoms with Crippen molar-refractivity contribution in [3.05, 3.63) is 101 Å². The topological polar surface area (TPSA) is 12.9 Å². The first-order valence-electron chi connectivity index (χ1n) is 7.93. The zero-order chi connectivity index (χ0) is 15.0. The summed E-state index contributed by atoms with van der Waals surface area (Å²) in [5, 5.41) is 0. The first kappa shape index (κ1) is 14.5. The Morgan fingerprint density at radius 2 is 0.909 bits per heavy atom. The highest BCUT2D eigenvalue weighted by Gasteiger charge is 2.00. The fourth-order valence-electron chi connectivity index (χ4n) is 2.64.